The van der Waals surface area contributed by atoms with E-state index in [2.05, 4.69) is 16.0 Å². The van der Waals surface area contributed by atoms with Crippen molar-refractivity contribution in [1.82, 2.24) is 14.6 Å². The Morgan fingerprint density at radius 3 is 2.46 bits per heavy atom. The number of fused-ring (bicyclic) bond motifs is 1. The van der Waals surface area contributed by atoms with E-state index < -0.39 is 11.7 Å². The van der Waals surface area contributed by atoms with E-state index in [1.54, 1.807) is 10.7 Å². The predicted molar refractivity (Wildman–Crippen MR) is 83.3 cm³/mol. The molecule has 3 nitrogen and oxygen atoms in total. The Hall–Kier alpha value is -2.81. The fourth-order valence-electron chi connectivity index (χ4n) is 2.74. The number of halogens is 3. The highest BCUT2D eigenvalue weighted by Gasteiger charge is 2.30. The number of alkyl halides is 3. The van der Waals surface area contributed by atoms with Gasteiger partial charge in [0.05, 0.1) is 23.0 Å². The Morgan fingerprint density at radius 1 is 1.17 bits per heavy atom. The number of nitrogens with zero attached hydrogens (tertiary/aromatic N) is 3. The van der Waals surface area contributed by atoms with Crippen molar-refractivity contribution in [2.24, 2.45) is 0 Å². The molecule has 6 heteroatoms. The standard InChI is InChI=1S/C18H12F3N3/c1-2-11-10-22-24-16(13-3-4-13)9-15(23-17(11)24)12-5-7-14(8-6-12)18(19,20)21/h1,5-10,13H,3-4H2. The molecule has 120 valence electrons. The van der Waals surface area contributed by atoms with Crippen molar-refractivity contribution in [2.75, 3.05) is 0 Å². The van der Waals surface area contributed by atoms with Gasteiger partial charge >= 0.3 is 6.18 Å². The van der Waals surface area contributed by atoms with Gasteiger partial charge in [0.2, 0.25) is 0 Å². The molecule has 0 unspecified atom stereocenters. The van der Waals surface area contributed by atoms with E-state index in [1.807, 2.05) is 6.07 Å². The topological polar surface area (TPSA) is 30.2 Å². The van der Waals surface area contributed by atoms with Gasteiger partial charge in [-0.1, -0.05) is 18.1 Å². The summed E-state index contributed by atoms with van der Waals surface area (Å²) in [5.74, 6) is 2.95. The van der Waals surface area contributed by atoms with Crippen LogP contribution in [0.4, 0.5) is 13.2 Å². The molecule has 24 heavy (non-hydrogen) atoms. The fraction of sp³-hybridized carbons (Fsp3) is 0.222. The zero-order valence-electron chi connectivity index (χ0n) is 12.5. The first-order valence-corrected chi connectivity index (χ1v) is 7.50. The van der Waals surface area contributed by atoms with E-state index >= 15 is 0 Å². The molecule has 4 rings (SSSR count). The first kappa shape index (κ1) is 14.8. The van der Waals surface area contributed by atoms with Crippen molar-refractivity contribution in [3.8, 4) is 23.6 Å². The van der Waals surface area contributed by atoms with Gasteiger partial charge in [0.25, 0.3) is 0 Å². The Kier molecular flexibility index (Phi) is 3.14. The lowest BCUT2D eigenvalue weighted by Crippen LogP contribution is -2.04. The van der Waals surface area contributed by atoms with Crippen molar-refractivity contribution in [2.45, 2.75) is 24.9 Å². The molecule has 0 saturated heterocycles. The van der Waals surface area contributed by atoms with Crippen molar-refractivity contribution >= 4 is 5.65 Å². The third kappa shape index (κ3) is 2.42. The minimum Gasteiger partial charge on any atom is -0.227 e. The summed E-state index contributed by atoms with van der Waals surface area (Å²) in [5, 5.41) is 4.29. The van der Waals surface area contributed by atoms with Crippen molar-refractivity contribution in [3.63, 3.8) is 0 Å². The average Bonchev–Trinajstić information content (AvgIpc) is 3.32. The van der Waals surface area contributed by atoms with Crippen LogP contribution in [0.5, 0.6) is 0 Å². The van der Waals surface area contributed by atoms with Crippen molar-refractivity contribution in [1.29, 1.82) is 0 Å². The molecule has 3 aromatic rings. The molecule has 0 bridgehead atoms. The second-order valence-electron chi connectivity index (χ2n) is 5.85. The molecule has 0 radical (unpaired) electrons. The molecule has 2 aromatic heterocycles. The lowest BCUT2D eigenvalue weighted by molar-refractivity contribution is -0.137. The van der Waals surface area contributed by atoms with E-state index in [-0.39, 0.29) is 0 Å². The summed E-state index contributed by atoms with van der Waals surface area (Å²) < 4.78 is 39.9. The third-order valence-electron chi connectivity index (χ3n) is 4.16. The van der Waals surface area contributed by atoms with Gasteiger partial charge in [0.1, 0.15) is 0 Å². The second-order valence-corrected chi connectivity index (χ2v) is 5.85. The highest BCUT2D eigenvalue weighted by molar-refractivity contribution is 5.66. The number of terminal acetylenes is 1. The van der Waals surface area contributed by atoms with Crippen LogP contribution in [0.2, 0.25) is 0 Å². The first-order chi connectivity index (χ1) is 11.5. The molecule has 1 fully saturated rings. The van der Waals surface area contributed by atoms with Gasteiger partial charge < -0.3 is 0 Å². The Labute approximate surface area is 136 Å². The maximum Gasteiger partial charge on any atom is 0.416 e. The Morgan fingerprint density at radius 2 is 1.88 bits per heavy atom. The number of benzene rings is 1. The minimum atomic E-state index is -4.35. The maximum absolute atomic E-state index is 12.7. The number of hydrogen-bond acceptors (Lipinski definition) is 2. The largest absolute Gasteiger partial charge is 0.416 e. The van der Waals surface area contributed by atoms with E-state index in [1.165, 1.54) is 12.1 Å². The summed E-state index contributed by atoms with van der Waals surface area (Å²) in [4.78, 5) is 4.52. The number of rotatable bonds is 2. The molecule has 1 aliphatic carbocycles. The van der Waals surface area contributed by atoms with Gasteiger partial charge in [-0.2, -0.15) is 18.3 Å². The van der Waals surface area contributed by atoms with Gasteiger partial charge in [0, 0.05) is 17.2 Å². The summed E-state index contributed by atoms with van der Waals surface area (Å²) in [6.45, 7) is 0. The molecule has 1 aliphatic rings. The Bertz CT molecular complexity index is 958. The third-order valence-corrected chi connectivity index (χ3v) is 4.16. The van der Waals surface area contributed by atoms with Crippen LogP contribution in [0.3, 0.4) is 0 Å². The van der Waals surface area contributed by atoms with Crippen LogP contribution in [-0.4, -0.2) is 14.6 Å². The average molecular weight is 327 g/mol. The molecular formula is C18H12F3N3. The SMILES string of the molecule is C#Cc1cnn2c(C3CC3)cc(-c3ccc(C(F)(F)F)cc3)nc12. The van der Waals surface area contributed by atoms with E-state index in [0.29, 0.717) is 28.4 Å². The molecule has 0 aliphatic heterocycles. The van der Waals surface area contributed by atoms with Gasteiger partial charge in [-0.15, -0.1) is 6.42 Å². The maximum atomic E-state index is 12.7. The van der Waals surface area contributed by atoms with Crippen LogP contribution >= 0.6 is 0 Å². The van der Waals surface area contributed by atoms with Crippen molar-refractivity contribution in [3.05, 3.63) is 53.3 Å². The molecule has 2 heterocycles. The predicted octanol–water partition coefficient (Wildman–Crippen LogP) is 4.27. The molecule has 0 N–H and O–H groups in total. The summed E-state index contributed by atoms with van der Waals surface area (Å²) >= 11 is 0. The summed E-state index contributed by atoms with van der Waals surface area (Å²) in [7, 11) is 0. The van der Waals surface area contributed by atoms with Crippen LogP contribution in [0.15, 0.2) is 36.5 Å². The summed E-state index contributed by atoms with van der Waals surface area (Å²) in [5.41, 5.74) is 2.69. The first-order valence-electron chi connectivity index (χ1n) is 7.50. The van der Waals surface area contributed by atoms with Crippen LogP contribution in [0.25, 0.3) is 16.9 Å². The zero-order chi connectivity index (χ0) is 16.9. The van der Waals surface area contributed by atoms with E-state index in [0.717, 1.165) is 30.7 Å². The van der Waals surface area contributed by atoms with E-state index in [9.17, 15) is 13.2 Å². The zero-order valence-corrected chi connectivity index (χ0v) is 12.5. The molecular weight excluding hydrogens is 315 g/mol. The van der Waals surface area contributed by atoms with Gasteiger partial charge in [-0.25, -0.2) is 9.50 Å². The molecule has 0 atom stereocenters. The number of aromatic nitrogens is 3. The van der Waals surface area contributed by atoms with Gasteiger partial charge in [0.15, 0.2) is 5.65 Å². The van der Waals surface area contributed by atoms with Crippen LogP contribution < -0.4 is 0 Å². The second kappa shape index (κ2) is 5.10. The quantitative estimate of drug-likeness (QED) is 0.658. The summed E-state index contributed by atoms with van der Waals surface area (Å²) in [6.07, 6.45) is 4.86. The molecule has 1 saturated carbocycles. The summed E-state index contributed by atoms with van der Waals surface area (Å²) in [6, 6.07) is 6.89. The monoisotopic (exact) mass is 327 g/mol. The Balaban J connectivity index is 1.86. The lowest BCUT2D eigenvalue weighted by Gasteiger charge is -2.10. The van der Waals surface area contributed by atoms with Crippen LogP contribution in [0, 0.1) is 12.3 Å². The van der Waals surface area contributed by atoms with E-state index in [4.69, 9.17) is 6.42 Å². The smallest absolute Gasteiger partial charge is 0.227 e. The van der Waals surface area contributed by atoms with Gasteiger partial charge in [-0.05, 0) is 31.0 Å². The lowest BCUT2D eigenvalue weighted by atomic mass is 10.1. The molecule has 0 spiro atoms. The molecule has 1 aromatic carbocycles. The van der Waals surface area contributed by atoms with Crippen molar-refractivity contribution < 1.29 is 13.2 Å². The fourth-order valence-corrected chi connectivity index (χ4v) is 2.74. The van der Waals surface area contributed by atoms with Crippen LogP contribution in [0.1, 0.15) is 35.6 Å². The highest BCUT2D eigenvalue weighted by atomic mass is 19.4. The minimum absolute atomic E-state index is 0.397. The molecule has 0 amide bonds. The van der Waals surface area contributed by atoms with Gasteiger partial charge in [-0.3, -0.25) is 0 Å². The number of hydrogen-bond donors (Lipinski definition) is 0. The van der Waals surface area contributed by atoms with Crippen LogP contribution in [-0.2, 0) is 6.18 Å². The highest BCUT2D eigenvalue weighted by Crippen LogP contribution is 2.41. The normalized spacial score (nSPS) is 14.8.